The van der Waals surface area contributed by atoms with Gasteiger partial charge < -0.3 is 5.11 Å². The third-order valence-corrected chi connectivity index (χ3v) is 6.10. The molecule has 0 aliphatic heterocycles. The maximum atomic E-state index is 11.2. The average Bonchev–Trinajstić information content (AvgIpc) is 2.88. The number of fused-ring (bicyclic) bond motifs is 1. The molecule has 7 nitrogen and oxygen atoms in total. The van der Waals surface area contributed by atoms with Crippen molar-refractivity contribution in [3.63, 3.8) is 0 Å². The van der Waals surface area contributed by atoms with Crippen LogP contribution in [0.15, 0.2) is 18.2 Å². The van der Waals surface area contributed by atoms with E-state index in [2.05, 4.69) is 10.3 Å². The maximum Gasteiger partial charge on any atom is 0.299 e. The summed E-state index contributed by atoms with van der Waals surface area (Å²) in [6, 6.07) is 5.01. The SMILES string of the molecule is O=[N+]([O-])c1cccc2c1nnn2C12C[C@@H]3C[C@@H](CC(O)(C3)C1)C2. The third kappa shape index (κ3) is 1.74. The topological polar surface area (TPSA) is 94.1 Å². The lowest BCUT2D eigenvalue weighted by Crippen LogP contribution is -2.59. The van der Waals surface area contributed by atoms with Crippen molar-refractivity contribution in [3.8, 4) is 0 Å². The minimum absolute atomic E-state index is 0.00260. The number of rotatable bonds is 2. The quantitative estimate of drug-likeness (QED) is 0.678. The molecule has 6 rings (SSSR count). The predicted molar refractivity (Wildman–Crippen MR) is 81.8 cm³/mol. The van der Waals surface area contributed by atoms with Crippen molar-refractivity contribution in [1.82, 2.24) is 15.0 Å². The van der Waals surface area contributed by atoms with Gasteiger partial charge in [0.15, 0.2) is 5.52 Å². The van der Waals surface area contributed by atoms with Gasteiger partial charge in [0.05, 0.1) is 21.6 Å². The molecule has 1 N–H and O–H groups in total. The van der Waals surface area contributed by atoms with Gasteiger partial charge >= 0.3 is 0 Å². The summed E-state index contributed by atoms with van der Waals surface area (Å²) in [6.07, 6.45) is 5.64. The van der Waals surface area contributed by atoms with E-state index in [0.717, 1.165) is 25.7 Å². The molecule has 0 radical (unpaired) electrons. The number of hydrogen-bond acceptors (Lipinski definition) is 5. The van der Waals surface area contributed by atoms with Crippen LogP contribution >= 0.6 is 0 Å². The summed E-state index contributed by atoms with van der Waals surface area (Å²) < 4.78 is 1.89. The van der Waals surface area contributed by atoms with Gasteiger partial charge in [-0.05, 0) is 50.0 Å². The molecule has 2 unspecified atom stereocenters. The van der Waals surface area contributed by atoms with Gasteiger partial charge in [-0.1, -0.05) is 11.3 Å². The van der Waals surface area contributed by atoms with E-state index in [9.17, 15) is 15.2 Å². The van der Waals surface area contributed by atoms with Crippen LogP contribution in [0, 0.1) is 22.0 Å². The first-order valence-corrected chi connectivity index (χ1v) is 8.20. The molecule has 4 aliphatic rings. The molecular weight excluding hydrogens is 296 g/mol. The molecular formula is C16H18N4O3. The number of nitrogens with zero attached hydrogens (tertiary/aromatic N) is 4. The molecule has 1 aromatic heterocycles. The van der Waals surface area contributed by atoms with Crippen LogP contribution in [0.5, 0.6) is 0 Å². The van der Waals surface area contributed by atoms with Crippen LogP contribution in [0.4, 0.5) is 5.69 Å². The van der Waals surface area contributed by atoms with E-state index in [0.29, 0.717) is 29.3 Å². The molecule has 4 bridgehead atoms. The van der Waals surface area contributed by atoms with E-state index in [4.69, 9.17) is 0 Å². The Bertz CT molecular complexity index is 816. The molecule has 0 saturated heterocycles. The Balaban J connectivity index is 1.69. The average molecular weight is 314 g/mol. The summed E-state index contributed by atoms with van der Waals surface area (Å²) in [5.41, 5.74) is 0.230. The van der Waals surface area contributed by atoms with Gasteiger partial charge in [-0.2, -0.15) is 0 Å². The predicted octanol–water partition coefficient (Wildman–Crippen LogP) is 2.38. The Hall–Kier alpha value is -2.02. The van der Waals surface area contributed by atoms with E-state index in [1.54, 1.807) is 6.07 Å². The van der Waals surface area contributed by atoms with Crippen LogP contribution in [0.25, 0.3) is 11.0 Å². The highest BCUT2D eigenvalue weighted by atomic mass is 16.6. The van der Waals surface area contributed by atoms with E-state index in [1.165, 1.54) is 12.5 Å². The zero-order valence-corrected chi connectivity index (χ0v) is 12.7. The van der Waals surface area contributed by atoms with Crippen LogP contribution in [0.1, 0.15) is 38.5 Å². The number of nitro groups is 1. The lowest BCUT2D eigenvalue weighted by molar-refractivity contribution is -0.383. The van der Waals surface area contributed by atoms with Crippen LogP contribution in [0.3, 0.4) is 0 Å². The van der Waals surface area contributed by atoms with Crippen molar-refractivity contribution < 1.29 is 10.0 Å². The molecule has 0 amide bonds. The molecule has 4 atom stereocenters. The summed E-state index contributed by atoms with van der Waals surface area (Å²) in [5, 5.41) is 30.5. The number of non-ortho nitro benzene ring substituents is 1. The number of aliphatic hydroxyl groups is 1. The second kappa shape index (κ2) is 4.08. The fourth-order valence-electron chi connectivity index (χ4n) is 5.84. The third-order valence-electron chi connectivity index (χ3n) is 6.10. The highest BCUT2D eigenvalue weighted by molar-refractivity contribution is 5.84. The second-order valence-electron chi connectivity index (χ2n) is 7.81. The molecule has 120 valence electrons. The van der Waals surface area contributed by atoms with Crippen molar-refractivity contribution in [2.24, 2.45) is 11.8 Å². The van der Waals surface area contributed by atoms with E-state index in [1.807, 2.05) is 10.7 Å². The lowest BCUT2D eigenvalue weighted by atomic mass is 9.51. The highest BCUT2D eigenvalue weighted by Crippen LogP contribution is 2.60. The summed E-state index contributed by atoms with van der Waals surface area (Å²) >= 11 is 0. The van der Waals surface area contributed by atoms with Crippen LogP contribution < -0.4 is 0 Å². The molecule has 4 aliphatic carbocycles. The monoisotopic (exact) mass is 314 g/mol. The molecule has 1 heterocycles. The zero-order chi connectivity index (χ0) is 15.8. The molecule has 0 spiro atoms. The Labute approximate surface area is 132 Å². The largest absolute Gasteiger partial charge is 0.390 e. The van der Waals surface area contributed by atoms with Crippen LogP contribution in [0.2, 0.25) is 0 Å². The molecule has 4 fully saturated rings. The van der Waals surface area contributed by atoms with E-state index in [-0.39, 0.29) is 11.2 Å². The highest BCUT2D eigenvalue weighted by Gasteiger charge is 2.58. The number of benzene rings is 1. The van der Waals surface area contributed by atoms with Crippen molar-refractivity contribution in [2.45, 2.75) is 49.7 Å². The Morgan fingerprint density at radius 3 is 2.65 bits per heavy atom. The van der Waals surface area contributed by atoms with Gasteiger partial charge in [-0.25, -0.2) is 4.68 Å². The summed E-state index contributed by atoms with van der Waals surface area (Å²) in [4.78, 5) is 10.8. The first-order valence-electron chi connectivity index (χ1n) is 8.20. The van der Waals surface area contributed by atoms with Gasteiger partial charge in [-0.15, -0.1) is 5.10 Å². The van der Waals surface area contributed by atoms with Crippen molar-refractivity contribution in [2.75, 3.05) is 0 Å². The van der Waals surface area contributed by atoms with E-state index < -0.39 is 10.5 Å². The minimum Gasteiger partial charge on any atom is -0.390 e. The standard InChI is InChI=1S/C16H18N4O3/c21-16-7-10-4-11(8-16)6-15(5-10,9-16)19-12-2-1-3-13(20(22)23)14(12)17-18-19/h1-3,10-11,21H,4-9H2/t10-,11+,15?,16?. The number of hydrogen-bond donors (Lipinski definition) is 1. The summed E-state index contributed by atoms with van der Waals surface area (Å²) in [7, 11) is 0. The minimum atomic E-state index is -0.594. The normalized spacial score (nSPS) is 38.3. The summed E-state index contributed by atoms with van der Waals surface area (Å²) in [6.45, 7) is 0. The first kappa shape index (κ1) is 13.4. The Morgan fingerprint density at radius 1 is 1.26 bits per heavy atom. The van der Waals surface area contributed by atoms with Crippen molar-refractivity contribution >= 4 is 16.7 Å². The fourth-order valence-corrected chi connectivity index (χ4v) is 5.84. The van der Waals surface area contributed by atoms with Crippen molar-refractivity contribution in [1.29, 1.82) is 0 Å². The number of nitro benzene ring substituents is 1. The Kier molecular flexibility index (Phi) is 2.38. The first-order chi connectivity index (χ1) is 11.0. The molecule has 7 heteroatoms. The maximum absolute atomic E-state index is 11.2. The van der Waals surface area contributed by atoms with Gasteiger partial charge in [0.1, 0.15) is 0 Å². The van der Waals surface area contributed by atoms with Gasteiger partial charge in [0, 0.05) is 12.5 Å². The van der Waals surface area contributed by atoms with Crippen LogP contribution in [-0.4, -0.2) is 30.6 Å². The Morgan fingerprint density at radius 2 is 2.00 bits per heavy atom. The lowest BCUT2D eigenvalue weighted by Gasteiger charge is -2.59. The van der Waals surface area contributed by atoms with E-state index >= 15 is 0 Å². The summed E-state index contributed by atoms with van der Waals surface area (Å²) in [5.74, 6) is 1.05. The molecule has 1 aromatic carbocycles. The van der Waals surface area contributed by atoms with Gasteiger partial charge in [0.2, 0.25) is 0 Å². The van der Waals surface area contributed by atoms with Crippen LogP contribution in [-0.2, 0) is 5.54 Å². The molecule has 23 heavy (non-hydrogen) atoms. The number of aromatic nitrogens is 3. The van der Waals surface area contributed by atoms with Crippen molar-refractivity contribution in [3.05, 3.63) is 28.3 Å². The smallest absolute Gasteiger partial charge is 0.299 e. The molecule has 2 aromatic rings. The fraction of sp³-hybridized carbons (Fsp3) is 0.625. The molecule has 4 saturated carbocycles. The van der Waals surface area contributed by atoms with Gasteiger partial charge in [0.25, 0.3) is 5.69 Å². The van der Waals surface area contributed by atoms with Gasteiger partial charge in [-0.3, -0.25) is 10.1 Å². The zero-order valence-electron chi connectivity index (χ0n) is 12.7. The second-order valence-corrected chi connectivity index (χ2v) is 7.81.